The van der Waals surface area contributed by atoms with E-state index in [1.165, 1.54) is 11.1 Å². The highest BCUT2D eigenvalue weighted by atomic mass is 16.3. The number of aliphatic hydroxyl groups excluding tert-OH is 1. The quantitative estimate of drug-likeness (QED) is 0.932. The van der Waals surface area contributed by atoms with Crippen molar-refractivity contribution in [2.24, 2.45) is 5.41 Å². The van der Waals surface area contributed by atoms with Crippen LogP contribution in [0.3, 0.4) is 0 Å². The molecular weight excluding hydrogens is 302 g/mol. The van der Waals surface area contributed by atoms with Gasteiger partial charge in [-0.05, 0) is 61.8 Å². The molecule has 4 nitrogen and oxygen atoms in total. The molecule has 1 fully saturated rings. The molecule has 2 heterocycles. The fourth-order valence-corrected chi connectivity index (χ4v) is 3.60. The molecule has 1 amide bonds. The van der Waals surface area contributed by atoms with Crippen molar-refractivity contribution in [1.82, 2.24) is 4.90 Å². The molecule has 1 aliphatic rings. The summed E-state index contributed by atoms with van der Waals surface area (Å²) in [5.74, 6) is 0.151. The summed E-state index contributed by atoms with van der Waals surface area (Å²) in [4.78, 5) is 14.6. The standard InChI is InChI=1S/C20H27NO3/c1-4-20(13-22)5-7-21(8-6-20)19(23)11-16-12-24-18-10-15(3)14(2)9-17(16)18/h9-10,12,22H,4-8,11,13H2,1-3H3. The van der Waals surface area contributed by atoms with Gasteiger partial charge in [-0.15, -0.1) is 0 Å². The summed E-state index contributed by atoms with van der Waals surface area (Å²) >= 11 is 0. The number of carbonyl (C=O) groups excluding carboxylic acids is 1. The molecule has 3 rings (SSSR count). The number of benzene rings is 1. The Labute approximate surface area is 143 Å². The van der Waals surface area contributed by atoms with Gasteiger partial charge in [-0.2, -0.15) is 0 Å². The maximum atomic E-state index is 12.7. The molecule has 1 aliphatic heterocycles. The van der Waals surface area contributed by atoms with Crippen LogP contribution in [0.5, 0.6) is 0 Å². The van der Waals surface area contributed by atoms with Gasteiger partial charge in [0.15, 0.2) is 0 Å². The highest BCUT2D eigenvalue weighted by molar-refractivity contribution is 5.88. The molecule has 0 unspecified atom stereocenters. The number of hydrogen-bond donors (Lipinski definition) is 1. The van der Waals surface area contributed by atoms with E-state index in [0.717, 1.165) is 48.9 Å². The first-order valence-corrected chi connectivity index (χ1v) is 8.84. The van der Waals surface area contributed by atoms with Crippen LogP contribution in [-0.2, 0) is 11.2 Å². The fourth-order valence-electron chi connectivity index (χ4n) is 3.60. The van der Waals surface area contributed by atoms with Crippen molar-refractivity contribution >= 4 is 16.9 Å². The zero-order valence-corrected chi connectivity index (χ0v) is 14.9. The number of carbonyl (C=O) groups is 1. The van der Waals surface area contributed by atoms with E-state index in [1.54, 1.807) is 6.26 Å². The smallest absolute Gasteiger partial charge is 0.227 e. The van der Waals surface area contributed by atoms with Crippen LogP contribution in [-0.4, -0.2) is 35.6 Å². The van der Waals surface area contributed by atoms with E-state index in [1.807, 2.05) is 11.0 Å². The lowest BCUT2D eigenvalue weighted by atomic mass is 9.77. The number of rotatable bonds is 4. The predicted molar refractivity (Wildman–Crippen MR) is 95.0 cm³/mol. The molecule has 0 spiro atoms. The number of hydrogen-bond acceptors (Lipinski definition) is 3. The van der Waals surface area contributed by atoms with Crippen molar-refractivity contribution in [1.29, 1.82) is 0 Å². The van der Waals surface area contributed by atoms with Gasteiger partial charge in [0.05, 0.1) is 12.7 Å². The highest BCUT2D eigenvalue weighted by Crippen LogP contribution is 2.34. The molecule has 4 heteroatoms. The minimum atomic E-state index is 0.00769. The third-order valence-electron chi connectivity index (χ3n) is 5.87. The van der Waals surface area contributed by atoms with Crippen molar-refractivity contribution < 1.29 is 14.3 Å². The molecule has 1 aromatic heterocycles. The SMILES string of the molecule is CCC1(CO)CCN(C(=O)Cc2coc3cc(C)c(C)cc23)CC1. The minimum Gasteiger partial charge on any atom is -0.464 e. The first-order chi connectivity index (χ1) is 11.5. The Balaban J connectivity index is 1.71. The van der Waals surface area contributed by atoms with Crippen molar-refractivity contribution in [3.63, 3.8) is 0 Å². The van der Waals surface area contributed by atoms with E-state index in [2.05, 4.69) is 26.8 Å². The molecule has 1 N–H and O–H groups in total. The molecule has 24 heavy (non-hydrogen) atoms. The van der Waals surface area contributed by atoms with Crippen LogP contribution >= 0.6 is 0 Å². The van der Waals surface area contributed by atoms with Crippen LogP contribution in [0.15, 0.2) is 22.8 Å². The van der Waals surface area contributed by atoms with Gasteiger partial charge >= 0.3 is 0 Å². The zero-order valence-electron chi connectivity index (χ0n) is 14.9. The Morgan fingerprint density at radius 2 is 1.92 bits per heavy atom. The van der Waals surface area contributed by atoms with Gasteiger partial charge in [0, 0.05) is 30.6 Å². The zero-order chi connectivity index (χ0) is 17.3. The van der Waals surface area contributed by atoms with Gasteiger partial charge in [0.2, 0.25) is 5.91 Å². The monoisotopic (exact) mass is 329 g/mol. The minimum absolute atomic E-state index is 0.00769. The van der Waals surface area contributed by atoms with Gasteiger partial charge in [0.1, 0.15) is 5.58 Å². The lowest BCUT2D eigenvalue weighted by Crippen LogP contribution is -2.44. The van der Waals surface area contributed by atoms with E-state index in [-0.39, 0.29) is 17.9 Å². The van der Waals surface area contributed by atoms with Crippen molar-refractivity contribution in [3.8, 4) is 0 Å². The molecule has 0 bridgehead atoms. The number of furan rings is 1. The van der Waals surface area contributed by atoms with Crippen LogP contribution in [0, 0.1) is 19.3 Å². The van der Waals surface area contributed by atoms with Crippen LogP contribution in [0.4, 0.5) is 0 Å². The average molecular weight is 329 g/mol. The Hall–Kier alpha value is -1.81. The molecule has 130 valence electrons. The average Bonchev–Trinajstić information content (AvgIpc) is 2.97. The van der Waals surface area contributed by atoms with Crippen molar-refractivity contribution in [3.05, 3.63) is 35.1 Å². The fraction of sp³-hybridized carbons (Fsp3) is 0.550. The van der Waals surface area contributed by atoms with Crippen LogP contribution in [0.1, 0.15) is 42.9 Å². The number of amides is 1. The summed E-state index contributed by atoms with van der Waals surface area (Å²) in [5, 5.41) is 10.7. The Kier molecular flexibility index (Phi) is 4.68. The van der Waals surface area contributed by atoms with Crippen molar-refractivity contribution in [2.45, 2.75) is 46.5 Å². The van der Waals surface area contributed by atoms with Gasteiger partial charge in [0.25, 0.3) is 0 Å². The van der Waals surface area contributed by atoms with E-state index >= 15 is 0 Å². The summed E-state index contributed by atoms with van der Waals surface area (Å²) in [7, 11) is 0. The Morgan fingerprint density at radius 3 is 2.54 bits per heavy atom. The maximum absolute atomic E-state index is 12.7. The lowest BCUT2D eigenvalue weighted by molar-refractivity contribution is -0.133. The molecule has 0 aliphatic carbocycles. The van der Waals surface area contributed by atoms with Gasteiger partial charge in [-0.1, -0.05) is 6.92 Å². The predicted octanol–water partition coefficient (Wildman–Crippen LogP) is 3.60. The summed E-state index contributed by atoms with van der Waals surface area (Å²) in [6.45, 7) is 7.96. The number of aliphatic hydroxyl groups is 1. The molecule has 0 atom stereocenters. The molecule has 0 radical (unpaired) electrons. The Morgan fingerprint density at radius 1 is 1.25 bits per heavy atom. The lowest BCUT2D eigenvalue weighted by Gasteiger charge is -2.40. The topological polar surface area (TPSA) is 53.7 Å². The van der Waals surface area contributed by atoms with Gasteiger partial charge in [-0.25, -0.2) is 0 Å². The van der Waals surface area contributed by atoms with E-state index in [4.69, 9.17) is 4.42 Å². The second-order valence-corrected chi connectivity index (χ2v) is 7.26. The summed E-state index contributed by atoms with van der Waals surface area (Å²) < 4.78 is 5.64. The van der Waals surface area contributed by atoms with Crippen LogP contribution in [0.25, 0.3) is 11.0 Å². The van der Waals surface area contributed by atoms with E-state index in [9.17, 15) is 9.90 Å². The second-order valence-electron chi connectivity index (χ2n) is 7.26. The van der Waals surface area contributed by atoms with Crippen LogP contribution < -0.4 is 0 Å². The van der Waals surface area contributed by atoms with Crippen molar-refractivity contribution in [2.75, 3.05) is 19.7 Å². The van der Waals surface area contributed by atoms with Gasteiger partial charge < -0.3 is 14.4 Å². The van der Waals surface area contributed by atoms with E-state index in [0.29, 0.717) is 6.42 Å². The molecular formula is C20H27NO3. The summed E-state index contributed by atoms with van der Waals surface area (Å²) in [6, 6.07) is 4.15. The second kappa shape index (κ2) is 6.60. The highest BCUT2D eigenvalue weighted by Gasteiger charge is 2.33. The summed E-state index contributed by atoms with van der Waals surface area (Å²) in [5.41, 5.74) is 4.24. The molecule has 1 saturated heterocycles. The first-order valence-electron chi connectivity index (χ1n) is 8.84. The van der Waals surface area contributed by atoms with E-state index < -0.39 is 0 Å². The first kappa shape index (κ1) is 17.0. The molecule has 1 aromatic carbocycles. The number of aryl methyl sites for hydroxylation is 2. The number of nitrogens with zero attached hydrogens (tertiary/aromatic N) is 1. The number of piperidine rings is 1. The van der Waals surface area contributed by atoms with Crippen LogP contribution in [0.2, 0.25) is 0 Å². The third kappa shape index (κ3) is 3.07. The number of likely N-dealkylation sites (tertiary alicyclic amines) is 1. The summed E-state index contributed by atoms with van der Waals surface area (Å²) in [6.07, 6.45) is 4.84. The molecule has 0 saturated carbocycles. The normalized spacial score (nSPS) is 17.4. The Bertz CT molecular complexity index is 733. The van der Waals surface area contributed by atoms with Gasteiger partial charge in [-0.3, -0.25) is 4.79 Å². The number of fused-ring (bicyclic) bond motifs is 1. The largest absolute Gasteiger partial charge is 0.464 e. The maximum Gasteiger partial charge on any atom is 0.227 e. The molecule has 2 aromatic rings. The third-order valence-corrected chi connectivity index (χ3v) is 5.87.